The van der Waals surface area contributed by atoms with Crippen molar-refractivity contribution in [2.45, 2.75) is 31.2 Å². The van der Waals surface area contributed by atoms with Crippen LogP contribution in [0, 0.1) is 5.92 Å². The number of benzene rings is 3. The van der Waals surface area contributed by atoms with Crippen molar-refractivity contribution >= 4 is 23.7 Å². The molecule has 3 N–H and O–H groups in total. The van der Waals surface area contributed by atoms with Crippen LogP contribution in [-0.2, 0) is 9.53 Å². The van der Waals surface area contributed by atoms with Crippen LogP contribution >= 0.6 is 0 Å². The van der Waals surface area contributed by atoms with Gasteiger partial charge in [0.1, 0.15) is 6.61 Å². The molecular formula is C28H26N2O5. The van der Waals surface area contributed by atoms with E-state index >= 15 is 0 Å². The van der Waals surface area contributed by atoms with Crippen molar-refractivity contribution in [3.8, 4) is 11.1 Å². The molecule has 0 unspecified atom stereocenters. The molecule has 3 aromatic carbocycles. The Bertz CT molecular complexity index is 1220. The number of hydrogen-bond donors (Lipinski definition) is 3. The van der Waals surface area contributed by atoms with Gasteiger partial charge in [0.2, 0.25) is 0 Å². The van der Waals surface area contributed by atoms with Crippen LogP contribution in [0.4, 0.5) is 10.5 Å². The van der Waals surface area contributed by atoms with E-state index in [1.807, 2.05) is 24.3 Å². The van der Waals surface area contributed by atoms with E-state index in [4.69, 9.17) is 4.74 Å². The number of carboxylic acid groups (broad SMARTS) is 1. The van der Waals surface area contributed by atoms with E-state index in [9.17, 15) is 19.5 Å². The fraction of sp³-hybridized carbons (Fsp3) is 0.250. The number of carbonyl (C=O) groups is 3. The molecule has 1 saturated carbocycles. The minimum absolute atomic E-state index is 0.0237. The van der Waals surface area contributed by atoms with Gasteiger partial charge in [0.15, 0.2) is 0 Å². The Morgan fingerprint density at radius 1 is 0.857 bits per heavy atom. The number of aliphatic carboxylic acids is 1. The Morgan fingerprint density at radius 3 is 2.11 bits per heavy atom. The van der Waals surface area contributed by atoms with Gasteiger partial charge in [0.25, 0.3) is 5.91 Å². The van der Waals surface area contributed by atoms with E-state index in [0.717, 1.165) is 17.5 Å². The molecule has 178 valence electrons. The van der Waals surface area contributed by atoms with E-state index in [-0.39, 0.29) is 24.5 Å². The lowest BCUT2D eigenvalue weighted by atomic mass is 9.98. The number of nitrogens with one attached hydrogen (secondary N) is 2. The highest BCUT2D eigenvalue weighted by Gasteiger charge is 2.34. The number of fused-ring (bicyclic) bond motifs is 3. The molecule has 0 aromatic heterocycles. The second-order valence-corrected chi connectivity index (χ2v) is 8.98. The summed E-state index contributed by atoms with van der Waals surface area (Å²) in [5, 5.41) is 14.8. The van der Waals surface area contributed by atoms with Crippen LogP contribution in [0.25, 0.3) is 11.1 Å². The molecular weight excluding hydrogens is 444 g/mol. The molecule has 3 aromatic rings. The van der Waals surface area contributed by atoms with Gasteiger partial charge in [-0.2, -0.15) is 0 Å². The number of ether oxygens (including phenoxy) is 1. The monoisotopic (exact) mass is 470 g/mol. The first-order valence-electron chi connectivity index (χ1n) is 11.8. The molecule has 5 rings (SSSR count). The Kier molecular flexibility index (Phi) is 6.23. The third kappa shape index (κ3) is 4.62. The van der Waals surface area contributed by atoms with Gasteiger partial charge >= 0.3 is 12.1 Å². The molecule has 0 bridgehead atoms. The van der Waals surface area contributed by atoms with Gasteiger partial charge in [-0.3, -0.25) is 14.9 Å². The first-order chi connectivity index (χ1) is 17.0. The van der Waals surface area contributed by atoms with Gasteiger partial charge in [0, 0.05) is 23.2 Å². The predicted octanol–water partition coefficient (Wildman–Crippen LogP) is 5.03. The summed E-state index contributed by atoms with van der Waals surface area (Å²) in [7, 11) is 0. The normalized spacial score (nSPS) is 18.4. The number of hydrogen-bond acceptors (Lipinski definition) is 4. The van der Waals surface area contributed by atoms with Gasteiger partial charge in [0.05, 0.1) is 5.92 Å². The van der Waals surface area contributed by atoms with E-state index in [1.54, 1.807) is 24.3 Å². The van der Waals surface area contributed by atoms with Crippen LogP contribution in [0.1, 0.15) is 46.7 Å². The van der Waals surface area contributed by atoms with Crippen LogP contribution < -0.4 is 10.6 Å². The SMILES string of the molecule is O=C(Nc1ccc(C(=O)N[C@H]2CCC[C@H]2C(=O)O)cc1)OCC1c2ccccc2-c2ccccc21. The average Bonchev–Trinajstić information content (AvgIpc) is 3.46. The number of amides is 2. The Labute approximate surface area is 203 Å². The standard InChI is InChI=1S/C28H26N2O5/c31-26(30-25-11-5-10-23(25)27(32)33)17-12-14-18(15-13-17)29-28(34)35-16-24-21-8-3-1-6-19(21)20-7-2-4-9-22(20)24/h1-4,6-9,12-15,23-25H,5,10-11,16H2,(H,29,34)(H,30,31)(H,32,33)/t23-,25+/m1/s1. The Balaban J connectivity index is 1.18. The largest absolute Gasteiger partial charge is 0.481 e. The van der Waals surface area contributed by atoms with Gasteiger partial charge in [-0.1, -0.05) is 55.0 Å². The molecule has 0 saturated heterocycles. The van der Waals surface area contributed by atoms with Crippen LogP contribution in [0.2, 0.25) is 0 Å². The fourth-order valence-electron chi connectivity index (χ4n) is 5.14. The molecule has 0 heterocycles. The zero-order chi connectivity index (χ0) is 24.4. The summed E-state index contributed by atoms with van der Waals surface area (Å²) < 4.78 is 5.56. The van der Waals surface area contributed by atoms with E-state index in [2.05, 4.69) is 34.9 Å². The minimum Gasteiger partial charge on any atom is -0.481 e. The van der Waals surface area contributed by atoms with E-state index in [1.165, 1.54) is 11.1 Å². The van der Waals surface area contributed by atoms with Crippen LogP contribution in [0.15, 0.2) is 72.8 Å². The maximum Gasteiger partial charge on any atom is 0.411 e. The molecule has 2 aliphatic rings. The molecule has 0 spiro atoms. The van der Waals surface area contributed by atoms with Crippen LogP contribution in [0.3, 0.4) is 0 Å². The quantitative estimate of drug-likeness (QED) is 0.469. The van der Waals surface area contributed by atoms with Crippen molar-refractivity contribution in [3.05, 3.63) is 89.5 Å². The highest BCUT2D eigenvalue weighted by molar-refractivity contribution is 5.95. The van der Waals surface area contributed by atoms with Crippen LogP contribution in [0.5, 0.6) is 0 Å². The number of carbonyl (C=O) groups excluding carboxylic acids is 2. The Morgan fingerprint density at radius 2 is 1.49 bits per heavy atom. The summed E-state index contributed by atoms with van der Waals surface area (Å²) in [6.07, 6.45) is 1.44. The lowest BCUT2D eigenvalue weighted by molar-refractivity contribution is -0.142. The second-order valence-electron chi connectivity index (χ2n) is 8.98. The molecule has 0 aliphatic heterocycles. The fourth-order valence-corrected chi connectivity index (χ4v) is 5.14. The summed E-state index contributed by atoms with van der Waals surface area (Å²) in [6, 6.07) is 22.4. The third-order valence-corrected chi connectivity index (χ3v) is 6.89. The average molecular weight is 471 g/mol. The first-order valence-corrected chi connectivity index (χ1v) is 11.8. The second kappa shape index (κ2) is 9.62. The molecule has 7 heteroatoms. The molecule has 35 heavy (non-hydrogen) atoms. The summed E-state index contributed by atoms with van der Waals surface area (Å²) in [5.74, 6) is -1.77. The zero-order valence-electron chi connectivity index (χ0n) is 19.1. The molecule has 7 nitrogen and oxygen atoms in total. The van der Waals surface area contributed by atoms with Crippen molar-refractivity contribution in [2.24, 2.45) is 5.92 Å². The predicted molar refractivity (Wildman–Crippen MR) is 131 cm³/mol. The summed E-state index contributed by atoms with van der Waals surface area (Å²) in [6.45, 7) is 0.215. The van der Waals surface area contributed by atoms with Crippen LogP contribution in [-0.4, -0.2) is 35.7 Å². The first kappa shape index (κ1) is 22.7. The van der Waals surface area contributed by atoms with E-state index < -0.39 is 18.0 Å². The highest BCUT2D eigenvalue weighted by Crippen LogP contribution is 2.44. The van der Waals surface area contributed by atoms with Crippen molar-refractivity contribution < 1.29 is 24.2 Å². The topological polar surface area (TPSA) is 105 Å². The van der Waals surface area contributed by atoms with Gasteiger partial charge in [-0.05, 0) is 59.4 Å². The molecule has 0 radical (unpaired) electrons. The maximum atomic E-state index is 12.5. The third-order valence-electron chi connectivity index (χ3n) is 6.89. The minimum atomic E-state index is -0.879. The van der Waals surface area contributed by atoms with Gasteiger partial charge in [-0.25, -0.2) is 4.79 Å². The molecule has 1 fully saturated rings. The molecule has 2 amide bonds. The van der Waals surface area contributed by atoms with Crippen molar-refractivity contribution in [1.29, 1.82) is 0 Å². The van der Waals surface area contributed by atoms with Crippen molar-refractivity contribution in [1.82, 2.24) is 5.32 Å². The zero-order valence-corrected chi connectivity index (χ0v) is 19.1. The summed E-state index contributed by atoms with van der Waals surface area (Å²) in [4.78, 5) is 36.3. The number of carboxylic acids is 1. The lowest BCUT2D eigenvalue weighted by Crippen LogP contribution is -2.40. The van der Waals surface area contributed by atoms with Gasteiger partial charge in [-0.15, -0.1) is 0 Å². The lowest BCUT2D eigenvalue weighted by Gasteiger charge is -2.17. The Hall–Kier alpha value is -4.13. The van der Waals surface area contributed by atoms with Gasteiger partial charge < -0.3 is 15.2 Å². The number of anilines is 1. The van der Waals surface area contributed by atoms with Crippen molar-refractivity contribution in [3.63, 3.8) is 0 Å². The smallest absolute Gasteiger partial charge is 0.411 e. The van der Waals surface area contributed by atoms with E-state index in [0.29, 0.717) is 24.1 Å². The summed E-state index contributed by atoms with van der Waals surface area (Å²) in [5.41, 5.74) is 5.52. The highest BCUT2D eigenvalue weighted by atomic mass is 16.5. The van der Waals surface area contributed by atoms with Crippen molar-refractivity contribution in [2.75, 3.05) is 11.9 Å². The molecule has 2 aliphatic carbocycles. The number of rotatable bonds is 6. The maximum absolute atomic E-state index is 12.5. The summed E-state index contributed by atoms with van der Waals surface area (Å²) >= 11 is 0. The molecule has 2 atom stereocenters.